The Bertz CT molecular complexity index is 451. The van der Waals surface area contributed by atoms with Gasteiger partial charge in [-0.15, -0.1) is 6.58 Å². The summed E-state index contributed by atoms with van der Waals surface area (Å²) < 4.78 is 1.96. The van der Waals surface area contributed by atoms with Crippen LogP contribution in [-0.2, 0) is 13.1 Å². The van der Waals surface area contributed by atoms with E-state index >= 15 is 0 Å². The van der Waals surface area contributed by atoms with Crippen LogP contribution in [0.15, 0.2) is 25.0 Å². The topological polar surface area (TPSA) is 24.3 Å². The molecule has 0 aromatic carbocycles. The van der Waals surface area contributed by atoms with Gasteiger partial charge in [0, 0.05) is 37.4 Å². The highest BCUT2D eigenvalue weighted by atomic mass is 15.3. The van der Waals surface area contributed by atoms with Gasteiger partial charge >= 0.3 is 0 Å². The van der Waals surface area contributed by atoms with E-state index in [-0.39, 0.29) is 0 Å². The summed E-state index contributed by atoms with van der Waals surface area (Å²) in [6.07, 6.45) is 8.92. The van der Waals surface area contributed by atoms with E-state index in [1.165, 1.54) is 31.5 Å². The van der Waals surface area contributed by atoms with E-state index in [1.54, 1.807) is 0 Å². The van der Waals surface area contributed by atoms with Gasteiger partial charge in [0.05, 0.1) is 12.7 Å². The van der Waals surface area contributed by atoms with Crippen LogP contribution in [0.1, 0.15) is 18.4 Å². The normalized spacial score (nSPS) is 27.4. The lowest BCUT2D eigenvalue weighted by Crippen LogP contribution is -2.36. The van der Waals surface area contributed by atoms with Gasteiger partial charge in [0.2, 0.25) is 0 Å². The third kappa shape index (κ3) is 2.96. The van der Waals surface area contributed by atoms with Gasteiger partial charge in [0.1, 0.15) is 0 Å². The van der Waals surface area contributed by atoms with Gasteiger partial charge in [0.25, 0.3) is 0 Å². The van der Waals surface area contributed by atoms with E-state index in [1.807, 2.05) is 17.0 Å². The van der Waals surface area contributed by atoms with Crippen molar-refractivity contribution >= 4 is 0 Å². The van der Waals surface area contributed by atoms with Crippen molar-refractivity contribution in [3.8, 4) is 0 Å². The van der Waals surface area contributed by atoms with Crippen LogP contribution in [0.2, 0.25) is 0 Å². The Morgan fingerprint density at radius 1 is 1.40 bits per heavy atom. The second-order valence-electron chi connectivity index (χ2n) is 6.59. The molecule has 0 spiro atoms. The first-order valence-electron chi connectivity index (χ1n) is 7.68. The molecule has 0 N–H and O–H groups in total. The molecule has 4 heteroatoms. The highest BCUT2D eigenvalue weighted by Crippen LogP contribution is 2.42. The molecule has 2 unspecified atom stereocenters. The number of likely N-dealkylation sites (tertiary alicyclic amines) is 1. The van der Waals surface area contributed by atoms with Crippen molar-refractivity contribution in [2.45, 2.75) is 32.0 Å². The van der Waals surface area contributed by atoms with E-state index in [4.69, 9.17) is 0 Å². The zero-order chi connectivity index (χ0) is 14.1. The van der Waals surface area contributed by atoms with E-state index in [9.17, 15) is 0 Å². The maximum absolute atomic E-state index is 4.38. The minimum Gasteiger partial charge on any atom is -0.305 e. The molecule has 1 aliphatic heterocycles. The largest absolute Gasteiger partial charge is 0.305 e. The molecule has 0 bridgehead atoms. The molecule has 3 rings (SSSR count). The Morgan fingerprint density at radius 2 is 2.20 bits per heavy atom. The zero-order valence-electron chi connectivity index (χ0n) is 12.7. The fourth-order valence-electron chi connectivity index (χ4n) is 3.54. The zero-order valence-corrected chi connectivity index (χ0v) is 12.7. The van der Waals surface area contributed by atoms with Gasteiger partial charge in [-0.3, -0.25) is 9.58 Å². The van der Waals surface area contributed by atoms with Crippen LogP contribution in [0.25, 0.3) is 0 Å². The summed E-state index contributed by atoms with van der Waals surface area (Å²) in [5.41, 5.74) is 1.32. The first-order chi connectivity index (χ1) is 9.67. The van der Waals surface area contributed by atoms with Gasteiger partial charge in [0.15, 0.2) is 0 Å². The van der Waals surface area contributed by atoms with Crippen LogP contribution < -0.4 is 0 Å². The minimum atomic E-state index is 0.728. The fourth-order valence-corrected chi connectivity index (χ4v) is 3.54. The molecule has 2 heterocycles. The van der Waals surface area contributed by atoms with Crippen LogP contribution >= 0.6 is 0 Å². The van der Waals surface area contributed by atoms with Crippen LogP contribution in [0.3, 0.4) is 0 Å². The van der Waals surface area contributed by atoms with Crippen molar-refractivity contribution in [2.75, 3.05) is 27.2 Å². The molecule has 0 amide bonds. The molecule has 1 aromatic rings. The predicted octanol–water partition coefficient (Wildman–Crippen LogP) is 1.84. The summed E-state index contributed by atoms with van der Waals surface area (Å²) in [7, 11) is 4.46. The van der Waals surface area contributed by atoms with E-state index < -0.39 is 0 Å². The van der Waals surface area contributed by atoms with Crippen LogP contribution in [0, 0.1) is 11.8 Å². The molecule has 1 aromatic heterocycles. The number of rotatable bonds is 6. The second kappa shape index (κ2) is 5.70. The molecule has 2 fully saturated rings. The third-order valence-corrected chi connectivity index (χ3v) is 4.71. The lowest BCUT2D eigenvalue weighted by molar-refractivity contribution is 0.233. The molecule has 2 atom stereocenters. The number of aromatic nitrogens is 2. The van der Waals surface area contributed by atoms with E-state index in [0.717, 1.165) is 31.0 Å². The lowest BCUT2D eigenvalue weighted by Gasteiger charge is -2.24. The first-order valence-corrected chi connectivity index (χ1v) is 7.68. The van der Waals surface area contributed by atoms with E-state index in [0.29, 0.717) is 0 Å². The third-order valence-electron chi connectivity index (χ3n) is 4.71. The quantitative estimate of drug-likeness (QED) is 0.740. The van der Waals surface area contributed by atoms with Gasteiger partial charge in [-0.25, -0.2) is 0 Å². The Labute approximate surface area is 122 Å². The van der Waals surface area contributed by atoms with Crippen molar-refractivity contribution in [3.63, 3.8) is 0 Å². The molecule has 1 saturated carbocycles. The average molecular weight is 274 g/mol. The van der Waals surface area contributed by atoms with Gasteiger partial charge in [-0.2, -0.15) is 5.10 Å². The number of allylic oxidation sites excluding steroid dienone is 1. The van der Waals surface area contributed by atoms with Crippen LogP contribution in [0.4, 0.5) is 0 Å². The maximum atomic E-state index is 4.38. The highest BCUT2D eigenvalue weighted by Gasteiger charge is 2.43. The molecule has 1 saturated heterocycles. The molecule has 20 heavy (non-hydrogen) atoms. The maximum Gasteiger partial charge on any atom is 0.0587 e. The molecule has 4 nitrogen and oxygen atoms in total. The standard InChI is InChI=1S/C16H26N4/c1-4-7-20-10-13(8-17-20)9-19-11-15(14-5-6-14)16(12-19)18(2)3/h4,8,10,14-16H,1,5-7,9,11-12H2,2-3H3. The number of likely N-dealkylation sites (N-methyl/N-ethyl adjacent to an activating group) is 1. The Morgan fingerprint density at radius 3 is 2.85 bits per heavy atom. The van der Waals surface area contributed by atoms with Gasteiger partial charge < -0.3 is 4.90 Å². The number of hydrogen-bond acceptors (Lipinski definition) is 3. The summed E-state index contributed by atoms with van der Waals surface area (Å²) >= 11 is 0. The van der Waals surface area contributed by atoms with E-state index in [2.05, 4.69) is 41.8 Å². The molecule has 2 aliphatic rings. The Kier molecular flexibility index (Phi) is 3.94. The Balaban J connectivity index is 1.61. The highest BCUT2D eigenvalue weighted by molar-refractivity contribution is 5.06. The SMILES string of the molecule is C=CCn1cc(CN2CC(C3CC3)C(N(C)C)C2)cn1. The molecule has 110 valence electrons. The Hall–Kier alpha value is -1.13. The van der Waals surface area contributed by atoms with Gasteiger partial charge in [-0.1, -0.05) is 6.08 Å². The summed E-state index contributed by atoms with van der Waals surface area (Å²) in [5.74, 6) is 1.85. The fraction of sp³-hybridized carbons (Fsp3) is 0.688. The molecular weight excluding hydrogens is 248 g/mol. The van der Waals surface area contributed by atoms with Crippen molar-refractivity contribution in [1.82, 2.24) is 19.6 Å². The monoisotopic (exact) mass is 274 g/mol. The number of nitrogens with zero attached hydrogens (tertiary/aromatic N) is 4. The smallest absolute Gasteiger partial charge is 0.0587 e. The summed E-state index contributed by atoms with van der Waals surface area (Å²) in [5, 5.41) is 4.38. The van der Waals surface area contributed by atoms with Crippen molar-refractivity contribution < 1.29 is 0 Å². The minimum absolute atomic E-state index is 0.728. The summed E-state index contributed by atoms with van der Waals surface area (Å²) in [6.45, 7) is 8.03. The molecular formula is C16H26N4. The van der Waals surface area contributed by atoms with Crippen LogP contribution in [0.5, 0.6) is 0 Å². The van der Waals surface area contributed by atoms with Crippen molar-refractivity contribution in [3.05, 3.63) is 30.6 Å². The van der Waals surface area contributed by atoms with Crippen LogP contribution in [-0.4, -0.2) is 52.8 Å². The predicted molar refractivity (Wildman–Crippen MR) is 81.4 cm³/mol. The first kappa shape index (κ1) is 13.8. The van der Waals surface area contributed by atoms with Gasteiger partial charge in [-0.05, 0) is 38.8 Å². The summed E-state index contributed by atoms with van der Waals surface area (Å²) in [6, 6.07) is 0.728. The van der Waals surface area contributed by atoms with Crippen molar-refractivity contribution in [1.29, 1.82) is 0 Å². The lowest BCUT2D eigenvalue weighted by atomic mass is 9.97. The summed E-state index contributed by atoms with van der Waals surface area (Å²) in [4.78, 5) is 5.02. The number of hydrogen-bond donors (Lipinski definition) is 0. The average Bonchev–Trinajstić information content (AvgIpc) is 3.02. The second-order valence-corrected chi connectivity index (χ2v) is 6.59. The molecule has 1 aliphatic carbocycles. The van der Waals surface area contributed by atoms with Crippen molar-refractivity contribution in [2.24, 2.45) is 11.8 Å². The molecule has 0 radical (unpaired) electrons.